The third kappa shape index (κ3) is 4.67. The Hall–Kier alpha value is -3.63. The Labute approximate surface area is 198 Å². The minimum absolute atomic E-state index is 0.162. The predicted octanol–water partition coefficient (Wildman–Crippen LogP) is 5.58. The van der Waals surface area contributed by atoms with E-state index in [0.29, 0.717) is 17.9 Å². The van der Waals surface area contributed by atoms with Crippen molar-refractivity contribution in [2.24, 2.45) is 4.99 Å². The second-order valence-corrected chi connectivity index (χ2v) is 8.48. The quantitative estimate of drug-likeness (QED) is 0.522. The zero-order valence-corrected chi connectivity index (χ0v) is 18.5. The summed E-state index contributed by atoms with van der Waals surface area (Å²) < 4.78 is 78.4. The first-order chi connectivity index (χ1) is 16.7. The highest BCUT2D eigenvalue weighted by atomic mass is 19.4. The zero-order valence-electron chi connectivity index (χ0n) is 18.5. The van der Waals surface area contributed by atoms with Crippen LogP contribution in [0, 0.1) is 11.6 Å². The first kappa shape index (κ1) is 23.1. The number of nitrogens with zero attached hydrogens (tertiary/aromatic N) is 4. The van der Waals surface area contributed by atoms with Crippen LogP contribution in [-0.2, 0) is 17.5 Å². The van der Waals surface area contributed by atoms with Gasteiger partial charge in [-0.25, -0.2) is 8.78 Å². The van der Waals surface area contributed by atoms with Crippen molar-refractivity contribution in [3.63, 3.8) is 0 Å². The number of rotatable bonds is 4. The summed E-state index contributed by atoms with van der Waals surface area (Å²) in [6.07, 6.45) is 1.31. The molecule has 2 fully saturated rings. The second kappa shape index (κ2) is 8.86. The molecular formula is C24H21F5N4O2. The van der Waals surface area contributed by atoms with E-state index in [1.165, 1.54) is 6.42 Å². The molecule has 0 amide bonds. The molecule has 5 rings (SSSR count). The molecule has 6 nitrogen and oxygen atoms in total. The van der Waals surface area contributed by atoms with Crippen molar-refractivity contribution < 1.29 is 31.4 Å². The maximum absolute atomic E-state index is 14.6. The van der Waals surface area contributed by atoms with Crippen molar-refractivity contribution in [2.45, 2.75) is 38.1 Å². The fraction of sp³-hybridized carbons (Fsp3) is 0.333. The standard InChI is InChI=1S/C24H21F5N4O2/c1-14-31-21(11-22-32-7-3-2-4-16(32)12-33(14)22)34-13-15-8-18(25)23(19(26)9-15)35-17-5-6-30-20(10-17)24(27,28)29/h5-6,8-11,16H,1-4,7,12-13H2. The summed E-state index contributed by atoms with van der Waals surface area (Å²) in [6, 6.07) is 4.04. The van der Waals surface area contributed by atoms with Gasteiger partial charge in [0.2, 0.25) is 5.90 Å². The maximum atomic E-state index is 14.6. The number of alkyl halides is 3. The third-order valence-electron chi connectivity index (χ3n) is 6.08. The van der Waals surface area contributed by atoms with Crippen LogP contribution in [0.5, 0.6) is 11.5 Å². The molecule has 0 bridgehead atoms. The maximum Gasteiger partial charge on any atom is 0.433 e. The number of pyridine rings is 1. The minimum atomic E-state index is -4.72. The molecule has 184 valence electrons. The first-order valence-corrected chi connectivity index (χ1v) is 11.0. The monoisotopic (exact) mass is 492 g/mol. The summed E-state index contributed by atoms with van der Waals surface area (Å²) >= 11 is 0. The number of halogens is 5. The van der Waals surface area contributed by atoms with Crippen molar-refractivity contribution in [1.82, 2.24) is 14.8 Å². The lowest BCUT2D eigenvalue weighted by Crippen LogP contribution is -2.34. The van der Waals surface area contributed by atoms with Crippen molar-refractivity contribution in [2.75, 3.05) is 13.1 Å². The lowest BCUT2D eigenvalue weighted by Gasteiger charge is -2.32. The molecule has 1 unspecified atom stereocenters. The van der Waals surface area contributed by atoms with E-state index >= 15 is 0 Å². The highest BCUT2D eigenvalue weighted by molar-refractivity contribution is 5.90. The van der Waals surface area contributed by atoms with E-state index < -0.39 is 35.0 Å². The molecule has 2 saturated heterocycles. The van der Waals surface area contributed by atoms with Crippen LogP contribution in [0.25, 0.3) is 0 Å². The summed E-state index contributed by atoms with van der Waals surface area (Å²) in [5.74, 6) is -1.60. The predicted molar refractivity (Wildman–Crippen MR) is 116 cm³/mol. The van der Waals surface area contributed by atoms with Gasteiger partial charge in [-0.1, -0.05) is 6.58 Å². The van der Waals surface area contributed by atoms with Crippen LogP contribution in [0.4, 0.5) is 22.0 Å². The van der Waals surface area contributed by atoms with Crippen LogP contribution in [0.3, 0.4) is 0 Å². The summed E-state index contributed by atoms with van der Waals surface area (Å²) in [5, 5.41) is 0. The van der Waals surface area contributed by atoms with Gasteiger partial charge in [0, 0.05) is 37.5 Å². The Morgan fingerprint density at radius 3 is 2.63 bits per heavy atom. The molecule has 1 aromatic heterocycles. The second-order valence-electron chi connectivity index (χ2n) is 8.48. The highest BCUT2D eigenvalue weighted by Crippen LogP contribution is 2.36. The zero-order chi connectivity index (χ0) is 24.7. The molecule has 35 heavy (non-hydrogen) atoms. The van der Waals surface area contributed by atoms with E-state index in [2.05, 4.69) is 21.5 Å². The number of aromatic nitrogens is 1. The molecule has 0 saturated carbocycles. The minimum Gasteiger partial charge on any atom is -0.473 e. The van der Waals surface area contributed by atoms with E-state index in [4.69, 9.17) is 9.47 Å². The van der Waals surface area contributed by atoms with E-state index in [1.807, 2.05) is 4.90 Å². The van der Waals surface area contributed by atoms with Gasteiger partial charge in [-0.3, -0.25) is 4.98 Å². The van der Waals surface area contributed by atoms with Gasteiger partial charge < -0.3 is 19.3 Å². The average molecular weight is 492 g/mol. The largest absolute Gasteiger partial charge is 0.473 e. The molecule has 1 aromatic carbocycles. The van der Waals surface area contributed by atoms with Gasteiger partial charge in [0.25, 0.3) is 0 Å². The van der Waals surface area contributed by atoms with Crippen molar-refractivity contribution in [3.8, 4) is 11.5 Å². The Morgan fingerprint density at radius 2 is 1.89 bits per heavy atom. The van der Waals surface area contributed by atoms with E-state index in [-0.39, 0.29) is 18.1 Å². The molecule has 0 aliphatic carbocycles. The fourth-order valence-electron chi connectivity index (χ4n) is 4.45. The van der Waals surface area contributed by atoms with Gasteiger partial charge in [-0.2, -0.15) is 18.2 Å². The highest BCUT2D eigenvalue weighted by Gasteiger charge is 2.38. The molecular weight excluding hydrogens is 471 g/mol. The Kier molecular flexibility index (Phi) is 5.86. The Morgan fingerprint density at radius 1 is 1.11 bits per heavy atom. The van der Waals surface area contributed by atoms with Crippen LogP contribution in [0.2, 0.25) is 0 Å². The number of hydrogen-bond acceptors (Lipinski definition) is 6. The molecule has 2 aromatic rings. The smallest absolute Gasteiger partial charge is 0.433 e. The van der Waals surface area contributed by atoms with E-state index in [1.54, 1.807) is 6.08 Å². The van der Waals surface area contributed by atoms with E-state index in [0.717, 1.165) is 56.1 Å². The average Bonchev–Trinajstić information content (AvgIpc) is 3.19. The summed E-state index contributed by atoms with van der Waals surface area (Å²) in [7, 11) is 0. The van der Waals surface area contributed by atoms with Crippen LogP contribution in [0.15, 0.2) is 59.8 Å². The number of benzene rings is 1. The van der Waals surface area contributed by atoms with Gasteiger partial charge in [0.15, 0.2) is 17.4 Å². The molecule has 11 heteroatoms. The number of ether oxygens (including phenoxy) is 2. The van der Waals surface area contributed by atoms with Gasteiger partial charge in [0.1, 0.15) is 29.7 Å². The van der Waals surface area contributed by atoms with Gasteiger partial charge in [-0.05, 0) is 43.0 Å². The van der Waals surface area contributed by atoms with Gasteiger partial charge >= 0.3 is 6.18 Å². The van der Waals surface area contributed by atoms with Crippen molar-refractivity contribution >= 4 is 5.90 Å². The van der Waals surface area contributed by atoms with Crippen molar-refractivity contribution in [1.29, 1.82) is 0 Å². The summed E-state index contributed by atoms with van der Waals surface area (Å²) in [6.45, 7) is 5.58. The van der Waals surface area contributed by atoms with Crippen molar-refractivity contribution in [3.05, 3.63) is 77.7 Å². The normalized spacial score (nSPS) is 19.7. The molecule has 3 aliphatic rings. The molecule has 0 N–H and O–H groups in total. The Bertz CT molecular complexity index is 1200. The lowest BCUT2D eigenvalue weighted by atomic mass is 10.0. The van der Waals surface area contributed by atoms with E-state index in [9.17, 15) is 22.0 Å². The van der Waals surface area contributed by atoms with Gasteiger partial charge in [0.05, 0.1) is 0 Å². The molecule has 0 radical (unpaired) electrons. The SMILES string of the molecule is C=C1N=C(OCc2cc(F)c(Oc3ccnc(C(F)(F)F)c3)c(F)c2)C=C2N1CC1CCCCN21. The lowest BCUT2D eigenvalue weighted by molar-refractivity contribution is -0.141. The van der Waals surface area contributed by atoms with Crippen LogP contribution >= 0.6 is 0 Å². The van der Waals surface area contributed by atoms with Crippen LogP contribution < -0.4 is 4.74 Å². The van der Waals surface area contributed by atoms with Gasteiger partial charge in [-0.15, -0.1) is 0 Å². The topological polar surface area (TPSA) is 50.2 Å². The van der Waals surface area contributed by atoms with Crippen LogP contribution in [-0.4, -0.2) is 39.8 Å². The number of aliphatic imine (C=N–C) groups is 1. The number of fused-ring (bicyclic) bond motifs is 3. The molecule has 0 spiro atoms. The molecule has 3 aliphatic heterocycles. The summed E-state index contributed by atoms with van der Waals surface area (Å²) in [5.41, 5.74) is -1.07. The number of hydrogen-bond donors (Lipinski definition) is 0. The van der Waals surface area contributed by atoms with Crippen LogP contribution in [0.1, 0.15) is 30.5 Å². The Balaban J connectivity index is 1.29. The first-order valence-electron chi connectivity index (χ1n) is 11.0. The fourth-order valence-corrected chi connectivity index (χ4v) is 4.45. The molecule has 4 heterocycles. The molecule has 1 atom stereocenters. The number of piperidine rings is 1. The third-order valence-corrected chi connectivity index (χ3v) is 6.08. The summed E-state index contributed by atoms with van der Waals surface area (Å²) in [4.78, 5) is 11.9.